The van der Waals surface area contributed by atoms with Gasteiger partial charge in [0.15, 0.2) is 0 Å². The molecule has 0 aromatic heterocycles. The van der Waals surface area contributed by atoms with Crippen molar-refractivity contribution in [2.45, 2.75) is 64.1 Å². The second kappa shape index (κ2) is 14.4. The van der Waals surface area contributed by atoms with Crippen molar-refractivity contribution in [3.05, 3.63) is 88.9 Å². The highest BCUT2D eigenvalue weighted by atomic mass is 35.5. The molecule has 2 unspecified atom stereocenters. The number of sulfonamides is 1. The van der Waals surface area contributed by atoms with Crippen molar-refractivity contribution >= 4 is 39.1 Å². The van der Waals surface area contributed by atoms with Crippen molar-refractivity contribution in [1.82, 2.24) is 10.2 Å². The van der Waals surface area contributed by atoms with Gasteiger partial charge in [-0.2, -0.15) is 0 Å². The zero-order valence-corrected chi connectivity index (χ0v) is 25.7. The first-order chi connectivity index (χ1) is 19.5. The van der Waals surface area contributed by atoms with Gasteiger partial charge in [-0.3, -0.25) is 13.9 Å². The van der Waals surface area contributed by atoms with E-state index in [1.807, 2.05) is 39.8 Å². The van der Waals surface area contributed by atoms with E-state index in [9.17, 15) is 18.0 Å². The molecule has 0 aliphatic heterocycles. The summed E-state index contributed by atoms with van der Waals surface area (Å²) in [5, 5.41) is 3.37. The van der Waals surface area contributed by atoms with E-state index in [0.717, 1.165) is 21.9 Å². The number of hydrogen-bond donors (Lipinski definition) is 1. The third kappa shape index (κ3) is 8.24. The molecule has 3 rings (SSSR count). The van der Waals surface area contributed by atoms with Crippen LogP contribution in [0.4, 0.5) is 5.69 Å². The molecule has 0 saturated carbocycles. The molecule has 0 aliphatic carbocycles. The van der Waals surface area contributed by atoms with E-state index in [2.05, 4.69) is 5.32 Å². The standard InChI is InChI=1S/C31H38ClN3O5S/c1-6-23(4)33-31(37)29(7-2)34(20-24-11-9-13-27(19-24)40-5)30(36)21-35(26-12-8-10-22(3)18-26)41(38,39)28-16-14-25(32)15-17-28/h8-19,23,29H,6-7,20-21H2,1-5H3,(H,33,37). The first-order valence-corrected chi connectivity index (χ1v) is 15.4. The monoisotopic (exact) mass is 599 g/mol. The third-order valence-corrected chi connectivity index (χ3v) is 8.88. The molecule has 1 N–H and O–H groups in total. The molecule has 3 aromatic carbocycles. The number of hydrogen-bond acceptors (Lipinski definition) is 5. The number of benzene rings is 3. The predicted octanol–water partition coefficient (Wildman–Crippen LogP) is 5.57. The smallest absolute Gasteiger partial charge is 0.264 e. The van der Waals surface area contributed by atoms with Gasteiger partial charge in [-0.25, -0.2) is 8.42 Å². The van der Waals surface area contributed by atoms with Crippen molar-refractivity contribution in [2.24, 2.45) is 0 Å². The van der Waals surface area contributed by atoms with Crippen LogP contribution in [0.3, 0.4) is 0 Å². The Hall–Kier alpha value is -3.56. The highest BCUT2D eigenvalue weighted by Crippen LogP contribution is 2.27. The van der Waals surface area contributed by atoms with Gasteiger partial charge in [-0.05, 0) is 86.3 Å². The summed E-state index contributed by atoms with van der Waals surface area (Å²) in [5.41, 5.74) is 1.92. The molecule has 0 saturated heterocycles. The van der Waals surface area contributed by atoms with E-state index in [1.165, 1.54) is 29.2 Å². The number of methoxy groups -OCH3 is 1. The number of halogens is 1. The second-order valence-electron chi connectivity index (χ2n) is 9.92. The van der Waals surface area contributed by atoms with Gasteiger partial charge in [0.05, 0.1) is 17.7 Å². The van der Waals surface area contributed by atoms with Gasteiger partial charge in [0.25, 0.3) is 10.0 Å². The maximum absolute atomic E-state index is 14.2. The normalized spacial score (nSPS) is 12.7. The number of carbonyl (C=O) groups is 2. The lowest BCUT2D eigenvalue weighted by molar-refractivity contribution is -0.140. The Labute approximate surface area is 248 Å². The summed E-state index contributed by atoms with van der Waals surface area (Å²) in [5.74, 6) is -0.197. The molecule has 0 spiro atoms. The number of nitrogens with zero attached hydrogens (tertiary/aromatic N) is 2. The van der Waals surface area contributed by atoms with Crippen molar-refractivity contribution in [2.75, 3.05) is 18.0 Å². The minimum atomic E-state index is -4.17. The van der Waals surface area contributed by atoms with Gasteiger partial charge < -0.3 is 15.0 Å². The molecule has 3 aromatic rings. The first kappa shape index (κ1) is 32.0. The summed E-state index contributed by atoms with van der Waals surface area (Å²) in [6.07, 6.45) is 1.07. The van der Waals surface area contributed by atoms with Crippen molar-refractivity contribution in [3.8, 4) is 5.75 Å². The van der Waals surface area contributed by atoms with E-state index in [0.29, 0.717) is 22.9 Å². The third-order valence-electron chi connectivity index (χ3n) is 6.84. The maximum atomic E-state index is 14.2. The zero-order chi connectivity index (χ0) is 30.2. The molecule has 220 valence electrons. The molecule has 2 amide bonds. The largest absolute Gasteiger partial charge is 0.497 e. The molecule has 41 heavy (non-hydrogen) atoms. The second-order valence-corrected chi connectivity index (χ2v) is 12.2. The van der Waals surface area contributed by atoms with Crippen LogP contribution in [0, 0.1) is 6.92 Å². The number of aryl methyl sites for hydroxylation is 1. The summed E-state index contributed by atoms with van der Waals surface area (Å²) >= 11 is 6.01. The molecule has 8 nitrogen and oxygen atoms in total. The highest BCUT2D eigenvalue weighted by Gasteiger charge is 2.34. The summed E-state index contributed by atoms with van der Waals surface area (Å²) in [6, 6.07) is 19.1. The lowest BCUT2D eigenvalue weighted by Crippen LogP contribution is -2.53. The van der Waals surface area contributed by atoms with Gasteiger partial charge in [0, 0.05) is 17.6 Å². The zero-order valence-electron chi connectivity index (χ0n) is 24.1. The molecule has 0 heterocycles. The van der Waals surface area contributed by atoms with Crippen LogP contribution in [-0.4, -0.2) is 50.9 Å². The Morgan fingerprint density at radius 3 is 2.27 bits per heavy atom. The maximum Gasteiger partial charge on any atom is 0.264 e. The Kier molecular flexibility index (Phi) is 11.2. The Morgan fingerprint density at radius 1 is 0.976 bits per heavy atom. The van der Waals surface area contributed by atoms with Gasteiger partial charge in [-0.1, -0.05) is 49.7 Å². The van der Waals surface area contributed by atoms with E-state index >= 15 is 0 Å². The molecule has 0 aliphatic rings. The fraction of sp³-hybridized carbons (Fsp3) is 0.355. The van der Waals surface area contributed by atoms with Crippen LogP contribution in [-0.2, 0) is 26.2 Å². The molecule has 0 bridgehead atoms. The van der Waals surface area contributed by atoms with E-state index in [-0.39, 0.29) is 23.4 Å². The van der Waals surface area contributed by atoms with Gasteiger partial charge >= 0.3 is 0 Å². The van der Waals surface area contributed by atoms with Crippen molar-refractivity contribution in [3.63, 3.8) is 0 Å². The van der Waals surface area contributed by atoms with Crippen LogP contribution in [0.5, 0.6) is 5.75 Å². The lowest BCUT2D eigenvalue weighted by Gasteiger charge is -2.34. The van der Waals surface area contributed by atoms with E-state index < -0.39 is 28.5 Å². The average Bonchev–Trinajstić information content (AvgIpc) is 2.95. The molecular formula is C31H38ClN3O5S. The number of anilines is 1. The summed E-state index contributed by atoms with van der Waals surface area (Å²) < 4.78 is 34.3. The summed E-state index contributed by atoms with van der Waals surface area (Å²) in [6.45, 7) is 7.12. The Balaban J connectivity index is 2.07. The fourth-order valence-corrected chi connectivity index (χ4v) is 5.91. The Bertz CT molecular complexity index is 1450. The van der Waals surface area contributed by atoms with Crippen molar-refractivity contribution < 1.29 is 22.7 Å². The van der Waals surface area contributed by atoms with Crippen LogP contribution in [0.25, 0.3) is 0 Å². The molecule has 0 fully saturated rings. The highest BCUT2D eigenvalue weighted by molar-refractivity contribution is 7.92. The number of amides is 2. The molecular weight excluding hydrogens is 562 g/mol. The fourth-order valence-electron chi connectivity index (χ4n) is 4.37. The number of nitrogens with one attached hydrogen (secondary N) is 1. The predicted molar refractivity (Wildman–Crippen MR) is 163 cm³/mol. The number of ether oxygens (including phenoxy) is 1. The Morgan fingerprint density at radius 2 is 1.66 bits per heavy atom. The van der Waals surface area contributed by atoms with Crippen LogP contribution >= 0.6 is 11.6 Å². The van der Waals surface area contributed by atoms with Gasteiger partial charge in [0.2, 0.25) is 11.8 Å². The minimum Gasteiger partial charge on any atom is -0.497 e. The van der Waals surface area contributed by atoms with Crippen LogP contribution in [0.1, 0.15) is 44.7 Å². The molecule has 0 radical (unpaired) electrons. The van der Waals surface area contributed by atoms with E-state index in [1.54, 1.807) is 43.5 Å². The average molecular weight is 600 g/mol. The van der Waals surface area contributed by atoms with Crippen LogP contribution in [0.15, 0.2) is 77.7 Å². The van der Waals surface area contributed by atoms with Crippen LogP contribution in [0.2, 0.25) is 5.02 Å². The quantitative estimate of drug-likeness (QED) is 0.277. The summed E-state index contributed by atoms with van der Waals surface area (Å²) in [7, 11) is -2.62. The SMILES string of the molecule is CCC(C)NC(=O)C(CC)N(Cc1cccc(OC)c1)C(=O)CN(c1cccc(C)c1)S(=O)(=O)c1ccc(Cl)cc1. The van der Waals surface area contributed by atoms with Gasteiger partial charge in [-0.15, -0.1) is 0 Å². The van der Waals surface area contributed by atoms with Gasteiger partial charge in [0.1, 0.15) is 18.3 Å². The summed E-state index contributed by atoms with van der Waals surface area (Å²) in [4.78, 5) is 29.0. The number of carbonyl (C=O) groups excluding carboxylic acids is 2. The minimum absolute atomic E-state index is 0.00268. The molecule has 2 atom stereocenters. The van der Waals surface area contributed by atoms with Crippen molar-refractivity contribution in [1.29, 1.82) is 0 Å². The lowest BCUT2D eigenvalue weighted by atomic mass is 10.1. The topological polar surface area (TPSA) is 96.0 Å². The first-order valence-electron chi connectivity index (χ1n) is 13.6. The number of rotatable bonds is 13. The van der Waals surface area contributed by atoms with E-state index in [4.69, 9.17) is 16.3 Å². The molecule has 10 heteroatoms. The van der Waals surface area contributed by atoms with Crippen LogP contribution < -0.4 is 14.4 Å².